The van der Waals surface area contributed by atoms with Gasteiger partial charge in [-0.05, 0) is 11.6 Å². The third kappa shape index (κ3) is 2.15. The predicted octanol–water partition coefficient (Wildman–Crippen LogP) is 3.63. The molecule has 0 unspecified atom stereocenters. The Morgan fingerprint density at radius 2 is 1.87 bits per heavy atom. The predicted molar refractivity (Wildman–Crippen MR) is 51.7 cm³/mol. The average molecular weight is 230 g/mol. The van der Waals surface area contributed by atoms with Gasteiger partial charge >= 0.3 is 5.38 Å². The van der Waals surface area contributed by atoms with Gasteiger partial charge in [0.1, 0.15) is 0 Å². The number of aromatic nitrogens is 1. The van der Waals surface area contributed by atoms with Gasteiger partial charge in [-0.3, -0.25) is 0 Å². The zero-order valence-electron chi connectivity index (χ0n) is 7.45. The molecule has 0 aliphatic carbocycles. The van der Waals surface area contributed by atoms with E-state index >= 15 is 0 Å². The van der Waals surface area contributed by atoms with Gasteiger partial charge in [0, 0.05) is 11.6 Å². The van der Waals surface area contributed by atoms with E-state index in [2.05, 4.69) is 5.16 Å². The molecule has 0 saturated heterocycles. The first-order valence-corrected chi connectivity index (χ1v) is 4.54. The summed E-state index contributed by atoms with van der Waals surface area (Å²) in [5, 5.41) is -0.283. The summed E-state index contributed by atoms with van der Waals surface area (Å²) < 4.78 is 30.0. The van der Waals surface area contributed by atoms with E-state index in [1.807, 2.05) is 6.07 Å². The lowest BCUT2D eigenvalue weighted by atomic mass is 10.2. The summed E-state index contributed by atoms with van der Waals surface area (Å²) in [5.74, 6) is 0.269. The van der Waals surface area contributed by atoms with Crippen LogP contribution in [0.4, 0.5) is 8.78 Å². The second-order valence-corrected chi connectivity index (χ2v) is 3.41. The Morgan fingerprint density at radius 3 is 2.40 bits per heavy atom. The molecule has 2 aromatic rings. The van der Waals surface area contributed by atoms with E-state index in [9.17, 15) is 8.78 Å². The minimum absolute atomic E-state index is 0.269. The van der Waals surface area contributed by atoms with Gasteiger partial charge in [-0.2, -0.15) is 8.78 Å². The summed E-state index contributed by atoms with van der Waals surface area (Å²) in [4.78, 5) is 0. The fourth-order valence-corrected chi connectivity index (χ4v) is 1.24. The van der Waals surface area contributed by atoms with Crippen LogP contribution in [0.25, 0.3) is 11.3 Å². The zero-order valence-corrected chi connectivity index (χ0v) is 8.21. The Morgan fingerprint density at radius 1 is 1.20 bits per heavy atom. The molecule has 15 heavy (non-hydrogen) atoms. The summed E-state index contributed by atoms with van der Waals surface area (Å²) in [6.07, 6.45) is 0. The van der Waals surface area contributed by atoms with Crippen LogP contribution in [0.5, 0.6) is 0 Å². The third-order valence-electron chi connectivity index (χ3n) is 1.86. The molecule has 0 saturated carbocycles. The van der Waals surface area contributed by atoms with Crippen molar-refractivity contribution in [2.75, 3.05) is 0 Å². The van der Waals surface area contributed by atoms with Gasteiger partial charge in [-0.15, -0.1) is 0 Å². The lowest BCUT2D eigenvalue weighted by Gasteiger charge is -1.99. The Kier molecular flexibility index (Phi) is 2.44. The molecule has 1 aromatic carbocycles. The largest absolute Gasteiger partial charge is 0.368 e. The summed E-state index contributed by atoms with van der Waals surface area (Å²) in [6.45, 7) is 0. The normalized spacial score (nSPS) is 11.7. The summed E-state index contributed by atoms with van der Waals surface area (Å²) in [7, 11) is 0. The van der Waals surface area contributed by atoms with Crippen LogP contribution >= 0.6 is 11.6 Å². The zero-order chi connectivity index (χ0) is 10.9. The minimum atomic E-state index is -3.49. The molecule has 0 N–H and O–H groups in total. The smallest absolute Gasteiger partial charge is 0.356 e. The van der Waals surface area contributed by atoms with Crippen molar-refractivity contribution in [1.29, 1.82) is 0 Å². The number of rotatable bonds is 2. The van der Waals surface area contributed by atoms with E-state index in [0.29, 0.717) is 5.56 Å². The van der Waals surface area contributed by atoms with Crippen LogP contribution in [0.3, 0.4) is 0 Å². The van der Waals surface area contributed by atoms with E-state index in [-0.39, 0.29) is 5.76 Å². The minimum Gasteiger partial charge on any atom is -0.356 e. The lowest BCUT2D eigenvalue weighted by molar-refractivity contribution is 0.0858. The molecule has 0 aliphatic rings. The Labute approximate surface area is 89.5 Å². The van der Waals surface area contributed by atoms with Crippen molar-refractivity contribution in [3.63, 3.8) is 0 Å². The number of hydrogen-bond acceptors (Lipinski definition) is 2. The van der Waals surface area contributed by atoms with Crippen molar-refractivity contribution >= 4 is 11.6 Å². The van der Waals surface area contributed by atoms with E-state index < -0.39 is 11.1 Å². The van der Waals surface area contributed by atoms with Crippen molar-refractivity contribution in [3.8, 4) is 11.3 Å². The number of hydrogen-bond donors (Lipinski definition) is 0. The van der Waals surface area contributed by atoms with Gasteiger partial charge in [0.05, 0.1) is 0 Å². The first-order chi connectivity index (χ1) is 7.07. The van der Waals surface area contributed by atoms with Crippen LogP contribution in [0, 0.1) is 0 Å². The fourth-order valence-electron chi connectivity index (χ4n) is 1.15. The van der Waals surface area contributed by atoms with Crippen molar-refractivity contribution in [2.45, 2.75) is 5.38 Å². The molecule has 2 rings (SSSR count). The van der Waals surface area contributed by atoms with E-state index in [4.69, 9.17) is 16.1 Å². The van der Waals surface area contributed by atoms with Gasteiger partial charge in [0.15, 0.2) is 11.5 Å². The van der Waals surface area contributed by atoms with Crippen LogP contribution in [-0.2, 0) is 5.38 Å². The molecule has 1 aromatic heterocycles. The van der Waals surface area contributed by atoms with Gasteiger partial charge in [0.2, 0.25) is 0 Å². The molecule has 5 heteroatoms. The molecule has 0 atom stereocenters. The topological polar surface area (TPSA) is 26.0 Å². The highest BCUT2D eigenvalue weighted by Gasteiger charge is 2.32. The van der Waals surface area contributed by atoms with E-state index in [0.717, 1.165) is 6.07 Å². The molecular formula is C10H6ClF2NO. The van der Waals surface area contributed by atoms with E-state index in [1.165, 1.54) is 0 Å². The Bertz CT molecular complexity index is 450. The molecule has 2 nitrogen and oxygen atoms in total. The second kappa shape index (κ2) is 3.62. The first-order valence-electron chi connectivity index (χ1n) is 4.17. The summed E-state index contributed by atoms with van der Waals surface area (Å²) in [5.41, 5.74) is 0.0974. The summed E-state index contributed by atoms with van der Waals surface area (Å²) in [6, 6.07) is 9.96. The van der Waals surface area contributed by atoms with Crippen LogP contribution in [0.1, 0.15) is 5.69 Å². The highest BCUT2D eigenvalue weighted by Crippen LogP contribution is 2.33. The molecule has 0 amide bonds. The Hall–Kier alpha value is -1.42. The molecule has 0 fully saturated rings. The second-order valence-electron chi connectivity index (χ2n) is 2.94. The first kappa shape index (κ1) is 10.1. The standard InChI is InChI=1S/C10H6ClF2NO/c11-10(12,13)9-6-8(15-14-9)7-4-2-1-3-5-7/h1-6H. The van der Waals surface area contributed by atoms with Crippen molar-refractivity contribution in [3.05, 3.63) is 42.1 Å². The van der Waals surface area contributed by atoms with Gasteiger partial charge in [-0.1, -0.05) is 35.5 Å². The third-order valence-corrected chi connectivity index (χ3v) is 2.05. The number of halogens is 3. The van der Waals surface area contributed by atoms with Crippen molar-refractivity contribution in [2.24, 2.45) is 0 Å². The molecule has 0 bridgehead atoms. The van der Waals surface area contributed by atoms with Crippen molar-refractivity contribution in [1.82, 2.24) is 5.16 Å². The maximum atomic E-state index is 12.6. The lowest BCUT2D eigenvalue weighted by Crippen LogP contribution is -2.02. The molecular weight excluding hydrogens is 224 g/mol. The number of benzene rings is 1. The Balaban J connectivity index is 2.37. The van der Waals surface area contributed by atoms with Crippen molar-refractivity contribution < 1.29 is 13.3 Å². The molecule has 1 heterocycles. The quantitative estimate of drug-likeness (QED) is 0.735. The average Bonchev–Trinajstić information content (AvgIpc) is 2.67. The van der Waals surface area contributed by atoms with Gasteiger partial charge in [0.25, 0.3) is 0 Å². The molecule has 0 aliphatic heterocycles. The highest BCUT2D eigenvalue weighted by molar-refractivity contribution is 6.21. The van der Waals surface area contributed by atoms with Gasteiger partial charge in [-0.25, -0.2) is 0 Å². The highest BCUT2D eigenvalue weighted by atomic mass is 35.5. The number of nitrogens with zero attached hydrogens (tertiary/aromatic N) is 1. The maximum absolute atomic E-state index is 12.6. The van der Waals surface area contributed by atoms with E-state index in [1.54, 1.807) is 24.3 Å². The van der Waals surface area contributed by atoms with Crippen LogP contribution in [0.15, 0.2) is 40.9 Å². The molecule has 0 radical (unpaired) electrons. The van der Waals surface area contributed by atoms with Crippen LogP contribution in [-0.4, -0.2) is 5.16 Å². The van der Waals surface area contributed by atoms with Gasteiger partial charge < -0.3 is 4.52 Å². The monoisotopic (exact) mass is 229 g/mol. The fraction of sp³-hybridized carbons (Fsp3) is 0.100. The SMILES string of the molecule is FC(F)(Cl)c1cc(-c2ccccc2)on1. The molecule has 0 spiro atoms. The molecule has 78 valence electrons. The number of alkyl halides is 3. The van der Waals surface area contributed by atoms with Crippen LogP contribution in [0.2, 0.25) is 0 Å². The maximum Gasteiger partial charge on any atom is 0.368 e. The van der Waals surface area contributed by atoms with Crippen LogP contribution < -0.4 is 0 Å². The summed E-state index contributed by atoms with van der Waals surface area (Å²) >= 11 is 4.80.